The molecule has 1 aromatic carbocycles. The molecule has 8 heteroatoms. The average molecular weight is 380 g/mol. The first-order valence-electron chi connectivity index (χ1n) is 8.83. The first-order chi connectivity index (χ1) is 13.5. The van der Waals surface area contributed by atoms with Crippen LogP contribution in [-0.2, 0) is 16.0 Å². The van der Waals surface area contributed by atoms with Gasteiger partial charge in [0.2, 0.25) is 17.6 Å². The molecule has 1 amide bonds. The van der Waals surface area contributed by atoms with Crippen molar-refractivity contribution in [2.75, 3.05) is 0 Å². The van der Waals surface area contributed by atoms with Crippen LogP contribution >= 0.6 is 0 Å². The molecule has 0 spiro atoms. The number of aliphatic carboxylic acids is 1. The SMILES string of the molecule is Cc1ccccc1C(CC(=O)O)NC(=O)CCc1nc(-c2ccccn2)no1. The highest BCUT2D eigenvalue weighted by Crippen LogP contribution is 2.21. The molecule has 0 saturated carbocycles. The summed E-state index contributed by atoms with van der Waals surface area (Å²) in [5, 5.41) is 15.8. The zero-order chi connectivity index (χ0) is 19.9. The van der Waals surface area contributed by atoms with Gasteiger partial charge in [0.1, 0.15) is 5.69 Å². The molecule has 0 fully saturated rings. The van der Waals surface area contributed by atoms with Gasteiger partial charge in [0.05, 0.1) is 12.5 Å². The van der Waals surface area contributed by atoms with Gasteiger partial charge in [0.15, 0.2) is 0 Å². The zero-order valence-electron chi connectivity index (χ0n) is 15.3. The number of nitrogens with one attached hydrogen (secondary N) is 1. The second-order valence-electron chi connectivity index (χ2n) is 6.30. The van der Waals surface area contributed by atoms with Crippen molar-refractivity contribution in [1.29, 1.82) is 0 Å². The van der Waals surface area contributed by atoms with Gasteiger partial charge >= 0.3 is 5.97 Å². The van der Waals surface area contributed by atoms with Crippen molar-refractivity contribution in [2.45, 2.75) is 32.2 Å². The molecule has 0 bridgehead atoms. The summed E-state index contributed by atoms with van der Waals surface area (Å²) in [5.74, 6) is -0.585. The topological polar surface area (TPSA) is 118 Å². The average Bonchev–Trinajstić information content (AvgIpc) is 3.16. The van der Waals surface area contributed by atoms with Gasteiger partial charge in [-0.15, -0.1) is 0 Å². The molecular weight excluding hydrogens is 360 g/mol. The van der Waals surface area contributed by atoms with E-state index in [1.807, 2.05) is 37.3 Å². The Bertz CT molecular complexity index is 956. The first-order valence-corrected chi connectivity index (χ1v) is 8.83. The third-order valence-corrected chi connectivity index (χ3v) is 4.21. The Morgan fingerprint density at radius 1 is 1.18 bits per heavy atom. The lowest BCUT2D eigenvalue weighted by Gasteiger charge is -2.19. The summed E-state index contributed by atoms with van der Waals surface area (Å²) < 4.78 is 5.17. The van der Waals surface area contributed by atoms with E-state index >= 15 is 0 Å². The Kier molecular flexibility index (Phi) is 6.11. The number of carboxylic acids is 1. The van der Waals surface area contributed by atoms with Gasteiger partial charge in [-0.25, -0.2) is 0 Å². The van der Waals surface area contributed by atoms with Crippen LogP contribution in [0.4, 0.5) is 0 Å². The largest absolute Gasteiger partial charge is 0.481 e. The van der Waals surface area contributed by atoms with Crippen molar-refractivity contribution >= 4 is 11.9 Å². The fourth-order valence-corrected chi connectivity index (χ4v) is 2.83. The Hall–Kier alpha value is -3.55. The number of rotatable bonds is 8. The van der Waals surface area contributed by atoms with Crippen molar-refractivity contribution < 1.29 is 19.2 Å². The van der Waals surface area contributed by atoms with E-state index in [1.165, 1.54) is 0 Å². The van der Waals surface area contributed by atoms with E-state index in [0.717, 1.165) is 11.1 Å². The summed E-state index contributed by atoms with van der Waals surface area (Å²) in [4.78, 5) is 31.9. The van der Waals surface area contributed by atoms with E-state index in [0.29, 0.717) is 17.4 Å². The molecule has 1 unspecified atom stereocenters. The molecule has 0 aliphatic heterocycles. The maximum absolute atomic E-state index is 12.4. The standard InChI is InChI=1S/C20H20N4O4/c1-13-6-2-3-7-14(13)16(12-19(26)27)22-17(25)9-10-18-23-20(24-28-18)15-8-4-5-11-21-15/h2-8,11,16H,9-10,12H2,1H3,(H,22,25)(H,26,27). The molecule has 144 valence electrons. The predicted octanol–water partition coefficient (Wildman–Crippen LogP) is 2.70. The molecule has 0 aliphatic rings. The van der Waals surface area contributed by atoms with Crippen molar-refractivity contribution in [3.8, 4) is 11.5 Å². The molecule has 2 aromatic heterocycles. The zero-order valence-corrected chi connectivity index (χ0v) is 15.3. The minimum absolute atomic E-state index is 0.103. The smallest absolute Gasteiger partial charge is 0.305 e. The van der Waals surface area contributed by atoms with Gasteiger partial charge in [-0.2, -0.15) is 4.98 Å². The molecule has 28 heavy (non-hydrogen) atoms. The molecule has 8 nitrogen and oxygen atoms in total. The van der Waals surface area contributed by atoms with Crippen molar-refractivity contribution in [3.63, 3.8) is 0 Å². The quantitative estimate of drug-likeness (QED) is 0.617. The number of carboxylic acid groups (broad SMARTS) is 1. The summed E-state index contributed by atoms with van der Waals surface area (Å²) in [6, 6.07) is 12.2. The third kappa shape index (κ3) is 5.00. The van der Waals surface area contributed by atoms with Crippen LogP contribution in [0.2, 0.25) is 0 Å². The van der Waals surface area contributed by atoms with Gasteiger partial charge in [0, 0.05) is 19.0 Å². The Morgan fingerprint density at radius 3 is 2.68 bits per heavy atom. The fourth-order valence-electron chi connectivity index (χ4n) is 2.83. The van der Waals surface area contributed by atoms with Gasteiger partial charge in [-0.1, -0.05) is 35.5 Å². The molecular formula is C20H20N4O4. The molecule has 1 atom stereocenters. The summed E-state index contributed by atoms with van der Waals surface area (Å²) in [5.41, 5.74) is 2.29. The fraction of sp³-hybridized carbons (Fsp3) is 0.250. The van der Waals surface area contributed by atoms with Crippen molar-refractivity contribution in [3.05, 3.63) is 65.7 Å². The summed E-state index contributed by atoms with van der Waals surface area (Å²) in [7, 11) is 0. The Labute approximate surface area is 161 Å². The van der Waals surface area contributed by atoms with E-state index in [1.54, 1.807) is 18.3 Å². The monoisotopic (exact) mass is 380 g/mol. The van der Waals surface area contributed by atoms with E-state index in [4.69, 9.17) is 4.52 Å². The lowest BCUT2D eigenvalue weighted by molar-refractivity contribution is -0.137. The molecule has 2 N–H and O–H groups in total. The summed E-state index contributed by atoms with van der Waals surface area (Å²) in [6.07, 6.45) is 1.79. The molecule has 3 aromatic rings. The van der Waals surface area contributed by atoms with E-state index in [-0.39, 0.29) is 25.2 Å². The van der Waals surface area contributed by atoms with Gasteiger partial charge < -0.3 is 14.9 Å². The van der Waals surface area contributed by atoms with Crippen LogP contribution in [0.5, 0.6) is 0 Å². The lowest BCUT2D eigenvalue weighted by atomic mass is 9.98. The van der Waals surface area contributed by atoms with Gasteiger partial charge in [0.25, 0.3) is 0 Å². The number of aryl methyl sites for hydroxylation is 2. The number of hydrogen-bond acceptors (Lipinski definition) is 6. The number of carbonyl (C=O) groups excluding carboxylic acids is 1. The third-order valence-electron chi connectivity index (χ3n) is 4.21. The van der Waals surface area contributed by atoms with Crippen LogP contribution in [-0.4, -0.2) is 32.1 Å². The Morgan fingerprint density at radius 2 is 1.96 bits per heavy atom. The number of hydrogen-bond donors (Lipinski definition) is 2. The van der Waals surface area contributed by atoms with Crippen LogP contribution < -0.4 is 5.32 Å². The second kappa shape index (κ2) is 8.90. The van der Waals surface area contributed by atoms with E-state index in [9.17, 15) is 14.7 Å². The van der Waals surface area contributed by atoms with Crippen LogP contribution in [0.3, 0.4) is 0 Å². The van der Waals surface area contributed by atoms with Crippen LogP contribution in [0.25, 0.3) is 11.5 Å². The molecule has 0 saturated heterocycles. The molecule has 0 radical (unpaired) electrons. The lowest BCUT2D eigenvalue weighted by Crippen LogP contribution is -2.30. The minimum atomic E-state index is -0.981. The van der Waals surface area contributed by atoms with Crippen LogP contribution in [0.15, 0.2) is 53.2 Å². The minimum Gasteiger partial charge on any atom is -0.481 e. The number of carbonyl (C=O) groups is 2. The highest BCUT2D eigenvalue weighted by Gasteiger charge is 2.20. The maximum atomic E-state index is 12.4. The Balaban J connectivity index is 1.61. The number of amides is 1. The van der Waals surface area contributed by atoms with Gasteiger partial charge in [-0.05, 0) is 30.2 Å². The second-order valence-corrected chi connectivity index (χ2v) is 6.30. The van der Waals surface area contributed by atoms with Gasteiger partial charge in [-0.3, -0.25) is 14.6 Å². The molecule has 3 rings (SSSR count). The van der Waals surface area contributed by atoms with Crippen molar-refractivity contribution in [2.24, 2.45) is 0 Å². The number of pyridine rings is 1. The number of benzene rings is 1. The molecule has 0 aliphatic carbocycles. The number of nitrogens with zero attached hydrogens (tertiary/aromatic N) is 3. The normalized spacial score (nSPS) is 11.8. The summed E-state index contributed by atoms with van der Waals surface area (Å²) >= 11 is 0. The van der Waals surface area contributed by atoms with Crippen LogP contribution in [0, 0.1) is 6.92 Å². The van der Waals surface area contributed by atoms with E-state index < -0.39 is 12.0 Å². The maximum Gasteiger partial charge on any atom is 0.305 e. The summed E-state index contributed by atoms with van der Waals surface area (Å²) in [6.45, 7) is 1.88. The van der Waals surface area contributed by atoms with E-state index in [2.05, 4.69) is 20.4 Å². The highest BCUT2D eigenvalue weighted by molar-refractivity contribution is 5.78. The van der Waals surface area contributed by atoms with Crippen molar-refractivity contribution in [1.82, 2.24) is 20.4 Å². The number of aromatic nitrogens is 3. The predicted molar refractivity (Wildman–Crippen MR) is 100 cm³/mol. The molecule has 2 heterocycles. The van der Waals surface area contributed by atoms with Crippen LogP contribution in [0.1, 0.15) is 35.9 Å². The highest BCUT2D eigenvalue weighted by atomic mass is 16.5. The first kappa shape index (κ1) is 19.2.